The third-order valence-electron chi connectivity index (χ3n) is 5.93. The van der Waals surface area contributed by atoms with Crippen molar-refractivity contribution in [3.63, 3.8) is 0 Å². The number of methoxy groups -OCH3 is 1. The van der Waals surface area contributed by atoms with E-state index in [4.69, 9.17) is 4.74 Å². The standard InChI is InChI=1S/C26H29N3O7/c1-26(2,3)36-25(34)29-13-17(15-7-5-6-8-19(15)29)23-16-11-21(31)20(30)10-14(16)9-18(28-23)24(33)27-12-22(32)35-4/h5-8,10-11,13,18,23,28,30-31H,9,12H2,1-4H3,(H,27,33)/t18-,23-/m0/s1. The monoisotopic (exact) mass is 495 g/mol. The van der Waals surface area contributed by atoms with Gasteiger partial charge in [-0.15, -0.1) is 0 Å². The fraction of sp³-hybridized carbons (Fsp3) is 0.346. The molecule has 3 aromatic rings. The summed E-state index contributed by atoms with van der Waals surface area (Å²) in [5.74, 6) is -1.62. The van der Waals surface area contributed by atoms with Crippen molar-refractivity contribution in [1.29, 1.82) is 0 Å². The number of carbonyl (C=O) groups is 3. The van der Waals surface area contributed by atoms with Crippen LogP contribution in [0.1, 0.15) is 43.5 Å². The highest BCUT2D eigenvalue weighted by molar-refractivity contribution is 5.93. The Hall–Kier alpha value is -4.05. The molecule has 0 unspecified atom stereocenters. The fourth-order valence-electron chi connectivity index (χ4n) is 4.33. The molecule has 1 aliphatic heterocycles. The molecule has 36 heavy (non-hydrogen) atoms. The normalized spacial score (nSPS) is 17.3. The van der Waals surface area contributed by atoms with Gasteiger partial charge in [0, 0.05) is 11.6 Å². The smallest absolute Gasteiger partial charge is 0.419 e. The quantitative estimate of drug-likeness (QED) is 0.320. The van der Waals surface area contributed by atoms with Crippen molar-refractivity contribution < 1.29 is 34.1 Å². The molecule has 0 radical (unpaired) electrons. The van der Waals surface area contributed by atoms with Crippen molar-refractivity contribution in [3.8, 4) is 11.5 Å². The number of esters is 1. The van der Waals surface area contributed by atoms with E-state index in [9.17, 15) is 24.6 Å². The van der Waals surface area contributed by atoms with Gasteiger partial charge in [0.2, 0.25) is 5.91 Å². The van der Waals surface area contributed by atoms with Gasteiger partial charge >= 0.3 is 12.1 Å². The SMILES string of the molecule is COC(=O)CNC(=O)[C@@H]1Cc2cc(O)c(O)cc2[C@@H](c2cn(C(=O)OC(C)(C)C)c3ccccc23)N1. The Bertz CT molecular complexity index is 1340. The number of benzene rings is 2. The van der Waals surface area contributed by atoms with Crippen LogP contribution in [-0.4, -0.2) is 58.0 Å². The third-order valence-corrected chi connectivity index (χ3v) is 5.93. The number of para-hydroxylation sites is 1. The molecule has 10 nitrogen and oxygen atoms in total. The first kappa shape index (κ1) is 25.1. The number of carbonyl (C=O) groups excluding carboxylic acids is 3. The zero-order valence-corrected chi connectivity index (χ0v) is 20.5. The number of nitrogens with one attached hydrogen (secondary N) is 2. The number of rotatable bonds is 4. The second-order valence-electron chi connectivity index (χ2n) is 9.64. The van der Waals surface area contributed by atoms with Crippen LogP contribution in [-0.2, 0) is 25.5 Å². The van der Waals surface area contributed by atoms with Gasteiger partial charge in [-0.05, 0) is 62.1 Å². The molecule has 0 aliphatic carbocycles. The number of aromatic hydroxyl groups is 2. The summed E-state index contributed by atoms with van der Waals surface area (Å²) in [5, 5.41) is 26.9. The minimum absolute atomic E-state index is 0.206. The first-order valence-electron chi connectivity index (χ1n) is 11.5. The van der Waals surface area contributed by atoms with Gasteiger partial charge in [0.1, 0.15) is 12.1 Å². The first-order chi connectivity index (χ1) is 17.0. The van der Waals surface area contributed by atoms with Crippen molar-refractivity contribution in [1.82, 2.24) is 15.2 Å². The fourth-order valence-corrected chi connectivity index (χ4v) is 4.33. The third kappa shape index (κ3) is 4.99. The lowest BCUT2D eigenvalue weighted by Gasteiger charge is -2.33. The maximum atomic E-state index is 13.0. The number of phenols is 2. The molecule has 0 saturated carbocycles. The molecule has 0 saturated heterocycles. The average molecular weight is 496 g/mol. The Balaban J connectivity index is 1.79. The van der Waals surface area contributed by atoms with E-state index >= 15 is 0 Å². The summed E-state index contributed by atoms with van der Waals surface area (Å²) in [6, 6.07) is 8.78. The number of nitrogens with zero attached hydrogens (tertiary/aromatic N) is 1. The number of hydrogen-bond acceptors (Lipinski definition) is 8. The Kier molecular flexibility index (Phi) is 6.64. The number of hydrogen-bond donors (Lipinski definition) is 4. The Morgan fingerprint density at radius 2 is 1.81 bits per heavy atom. The van der Waals surface area contributed by atoms with Crippen LogP contribution in [0.5, 0.6) is 11.5 Å². The topological polar surface area (TPSA) is 139 Å². The highest BCUT2D eigenvalue weighted by Gasteiger charge is 2.34. The predicted octanol–water partition coefficient (Wildman–Crippen LogP) is 2.73. The van der Waals surface area contributed by atoms with E-state index in [2.05, 4.69) is 15.4 Å². The zero-order chi connectivity index (χ0) is 26.2. The van der Waals surface area contributed by atoms with Crippen molar-refractivity contribution >= 4 is 28.9 Å². The van der Waals surface area contributed by atoms with Crippen molar-refractivity contribution in [2.75, 3.05) is 13.7 Å². The summed E-state index contributed by atoms with van der Waals surface area (Å²) in [6.45, 7) is 5.06. The first-order valence-corrected chi connectivity index (χ1v) is 11.5. The Morgan fingerprint density at radius 1 is 1.11 bits per heavy atom. The van der Waals surface area contributed by atoms with E-state index in [1.165, 1.54) is 23.8 Å². The maximum Gasteiger partial charge on any atom is 0.419 e. The van der Waals surface area contributed by atoms with Gasteiger partial charge in [0.05, 0.1) is 24.7 Å². The number of fused-ring (bicyclic) bond motifs is 2. The van der Waals surface area contributed by atoms with Crippen molar-refractivity contribution in [2.24, 2.45) is 0 Å². The van der Waals surface area contributed by atoms with E-state index in [1.807, 2.05) is 18.2 Å². The van der Waals surface area contributed by atoms with E-state index < -0.39 is 35.7 Å². The predicted molar refractivity (Wildman–Crippen MR) is 131 cm³/mol. The van der Waals surface area contributed by atoms with E-state index in [-0.39, 0.29) is 24.5 Å². The van der Waals surface area contributed by atoms with Crippen LogP contribution >= 0.6 is 0 Å². The summed E-state index contributed by atoms with van der Waals surface area (Å²) < 4.78 is 11.6. The molecule has 190 valence electrons. The maximum absolute atomic E-state index is 13.0. The number of ether oxygens (including phenoxy) is 2. The van der Waals surface area contributed by atoms with Crippen LogP contribution in [0.2, 0.25) is 0 Å². The highest BCUT2D eigenvalue weighted by Crippen LogP contribution is 2.40. The molecule has 4 rings (SSSR count). The van der Waals surface area contributed by atoms with Gasteiger partial charge < -0.3 is 25.0 Å². The van der Waals surface area contributed by atoms with Crippen molar-refractivity contribution in [3.05, 3.63) is 59.3 Å². The van der Waals surface area contributed by atoms with Crippen LogP contribution < -0.4 is 10.6 Å². The minimum Gasteiger partial charge on any atom is -0.504 e. The minimum atomic E-state index is -0.764. The van der Waals surface area contributed by atoms with E-state index in [0.29, 0.717) is 22.2 Å². The van der Waals surface area contributed by atoms with Gasteiger partial charge in [-0.25, -0.2) is 4.79 Å². The van der Waals surface area contributed by atoms with Crippen molar-refractivity contribution in [2.45, 2.75) is 44.9 Å². The number of phenolic OH excluding ortho intramolecular Hbond substituents is 2. The van der Waals surface area contributed by atoms with Gasteiger partial charge in [-0.2, -0.15) is 0 Å². The molecule has 1 aromatic heterocycles. The molecule has 0 fully saturated rings. The van der Waals surface area contributed by atoms with Gasteiger partial charge in [-0.3, -0.25) is 19.5 Å². The lowest BCUT2D eigenvalue weighted by atomic mass is 9.86. The van der Waals surface area contributed by atoms with Crippen LogP contribution in [0.15, 0.2) is 42.6 Å². The molecule has 10 heteroatoms. The van der Waals surface area contributed by atoms with Crippen LogP contribution in [0, 0.1) is 0 Å². The average Bonchev–Trinajstić information content (AvgIpc) is 3.21. The second-order valence-corrected chi connectivity index (χ2v) is 9.64. The lowest BCUT2D eigenvalue weighted by molar-refractivity contribution is -0.141. The van der Waals surface area contributed by atoms with Crippen LogP contribution in [0.25, 0.3) is 10.9 Å². The molecule has 2 atom stereocenters. The summed E-state index contributed by atoms with van der Waals surface area (Å²) >= 11 is 0. The number of amides is 1. The molecular weight excluding hydrogens is 466 g/mol. The van der Waals surface area contributed by atoms with Gasteiger partial charge in [0.25, 0.3) is 0 Å². The summed E-state index contributed by atoms with van der Waals surface area (Å²) in [6.07, 6.45) is 1.30. The largest absolute Gasteiger partial charge is 0.504 e. The molecule has 4 N–H and O–H groups in total. The summed E-state index contributed by atoms with van der Waals surface area (Å²) in [4.78, 5) is 37.4. The highest BCUT2D eigenvalue weighted by atomic mass is 16.6. The molecule has 2 heterocycles. The Labute approximate surface area is 207 Å². The van der Waals surface area contributed by atoms with Crippen LogP contribution in [0.4, 0.5) is 4.79 Å². The van der Waals surface area contributed by atoms with Gasteiger partial charge in [0.15, 0.2) is 11.5 Å². The second kappa shape index (κ2) is 9.54. The zero-order valence-electron chi connectivity index (χ0n) is 20.5. The van der Waals surface area contributed by atoms with E-state index in [1.54, 1.807) is 33.0 Å². The molecule has 2 aromatic carbocycles. The number of aromatic nitrogens is 1. The molecule has 1 aliphatic rings. The summed E-state index contributed by atoms with van der Waals surface area (Å²) in [7, 11) is 1.23. The summed E-state index contributed by atoms with van der Waals surface area (Å²) in [5.41, 5.74) is 1.87. The molecule has 0 spiro atoms. The molecule has 0 bridgehead atoms. The Morgan fingerprint density at radius 3 is 2.50 bits per heavy atom. The molecule has 1 amide bonds. The van der Waals surface area contributed by atoms with E-state index in [0.717, 1.165) is 5.39 Å². The molecular formula is C26H29N3O7. The van der Waals surface area contributed by atoms with Crippen LogP contribution in [0.3, 0.4) is 0 Å². The lowest BCUT2D eigenvalue weighted by Crippen LogP contribution is -2.50. The van der Waals surface area contributed by atoms with Gasteiger partial charge in [-0.1, -0.05) is 18.2 Å².